The quantitative estimate of drug-likeness (QED) is 0.872. The fourth-order valence-corrected chi connectivity index (χ4v) is 2.05. The number of piperidine rings is 1. The van der Waals surface area contributed by atoms with Gasteiger partial charge in [-0.05, 0) is 37.6 Å². The zero-order valence-electron chi connectivity index (χ0n) is 10.2. The van der Waals surface area contributed by atoms with E-state index in [0.29, 0.717) is 12.3 Å². The first-order chi connectivity index (χ1) is 8.19. The number of hydrogen-bond acceptors (Lipinski definition) is 3. The standard InChI is InChI=1S/C13H19FN2O/c1-16-6-4-11(5-7-16)17-13-3-2-10(9-15)8-12(13)14/h2-3,8,11H,4-7,9,15H2,1H3. The SMILES string of the molecule is CN1CCC(Oc2ccc(CN)cc2F)CC1. The number of nitrogens with two attached hydrogens (primary N) is 1. The predicted molar refractivity (Wildman–Crippen MR) is 65.4 cm³/mol. The van der Waals surface area contributed by atoms with Gasteiger partial charge in [-0.3, -0.25) is 0 Å². The fraction of sp³-hybridized carbons (Fsp3) is 0.538. The Morgan fingerprint density at radius 3 is 2.71 bits per heavy atom. The fourth-order valence-electron chi connectivity index (χ4n) is 2.05. The summed E-state index contributed by atoms with van der Waals surface area (Å²) in [4.78, 5) is 2.26. The summed E-state index contributed by atoms with van der Waals surface area (Å²) in [6.45, 7) is 2.37. The molecule has 1 fully saturated rings. The van der Waals surface area contributed by atoms with E-state index in [9.17, 15) is 4.39 Å². The predicted octanol–water partition coefficient (Wildman–Crippen LogP) is 1.76. The second-order valence-corrected chi connectivity index (χ2v) is 4.59. The Hall–Kier alpha value is -1.13. The van der Waals surface area contributed by atoms with Crippen molar-refractivity contribution in [3.63, 3.8) is 0 Å². The van der Waals surface area contributed by atoms with E-state index in [-0.39, 0.29) is 11.9 Å². The summed E-state index contributed by atoms with van der Waals surface area (Å²) >= 11 is 0. The maximum Gasteiger partial charge on any atom is 0.165 e. The number of nitrogens with zero attached hydrogens (tertiary/aromatic N) is 1. The molecule has 0 amide bonds. The average Bonchev–Trinajstić information content (AvgIpc) is 2.34. The van der Waals surface area contributed by atoms with Gasteiger partial charge in [0.2, 0.25) is 0 Å². The Morgan fingerprint density at radius 2 is 2.12 bits per heavy atom. The summed E-state index contributed by atoms with van der Waals surface area (Å²) in [6, 6.07) is 4.94. The minimum absolute atomic E-state index is 0.129. The van der Waals surface area contributed by atoms with Crippen LogP contribution in [0.5, 0.6) is 5.75 Å². The molecule has 1 saturated heterocycles. The molecule has 0 unspecified atom stereocenters. The molecule has 0 spiro atoms. The van der Waals surface area contributed by atoms with Crippen LogP contribution in [0, 0.1) is 5.82 Å². The molecule has 1 aromatic carbocycles. The normalized spacial score (nSPS) is 18.3. The zero-order valence-corrected chi connectivity index (χ0v) is 10.2. The van der Waals surface area contributed by atoms with Crippen molar-refractivity contribution in [3.05, 3.63) is 29.6 Å². The monoisotopic (exact) mass is 238 g/mol. The van der Waals surface area contributed by atoms with Crippen molar-refractivity contribution in [1.29, 1.82) is 0 Å². The molecule has 2 N–H and O–H groups in total. The van der Waals surface area contributed by atoms with Gasteiger partial charge < -0.3 is 15.4 Å². The molecule has 1 aliphatic rings. The van der Waals surface area contributed by atoms with Crippen LogP contribution in [0.3, 0.4) is 0 Å². The first-order valence-electron chi connectivity index (χ1n) is 6.02. The van der Waals surface area contributed by atoms with Crippen LogP contribution in [-0.4, -0.2) is 31.1 Å². The second-order valence-electron chi connectivity index (χ2n) is 4.59. The van der Waals surface area contributed by atoms with Crippen molar-refractivity contribution in [2.45, 2.75) is 25.5 Å². The van der Waals surface area contributed by atoms with Crippen LogP contribution in [0.4, 0.5) is 4.39 Å². The van der Waals surface area contributed by atoms with Gasteiger partial charge in [0.15, 0.2) is 11.6 Å². The Labute approximate surface area is 101 Å². The van der Waals surface area contributed by atoms with Gasteiger partial charge in [-0.2, -0.15) is 0 Å². The lowest BCUT2D eigenvalue weighted by molar-refractivity contribution is 0.110. The third-order valence-corrected chi connectivity index (χ3v) is 3.19. The largest absolute Gasteiger partial charge is 0.487 e. The summed E-state index contributed by atoms with van der Waals surface area (Å²) in [5.74, 6) is 0.0311. The Morgan fingerprint density at radius 1 is 1.41 bits per heavy atom. The van der Waals surface area contributed by atoms with E-state index >= 15 is 0 Å². The maximum absolute atomic E-state index is 13.7. The molecule has 3 nitrogen and oxygen atoms in total. The Bertz CT molecular complexity index is 376. The molecule has 4 heteroatoms. The van der Waals surface area contributed by atoms with Crippen molar-refractivity contribution in [1.82, 2.24) is 4.90 Å². The van der Waals surface area contributed by atoms with Gasteiger partial charge in [0.1, 0.15) is 6.10 Å². The lowest BCUT2D eigenvalue weighted by Crippen LogP contribution is -2.35. The molecule has 0 aliphatic carbocycles. The molecular formula is C13H19FN2O. The summed E-state index contributed by atoms with van der Waals surface area (Å²) in [7, 11) is 2.09. The smallest absolute Gasteiger partial charge is 0.165 e. The molecule has 0 atom stereocenters. The first kappa shape index (κ1) is 12.3. The second kappa shape index (κ2) is 5.47. The Kier molecular flexibility index (Phi) is 3.97. The van der Waals surface area contributed by atoms with E-state index in [2.05, 4.69) is 11.9 Å². The number of ether oxygens (including phenoxy) is 1. The summed E-state index contributed by atoms with van der Waals surface area (Å²) in [6.07, 6.45) is 2.04. The van der Waals surface area contributed by atoms with Crippen molar-refractivity contribution >= 4 is 0 Å². The van der Waals surface area contributed by atoms with Crippen LogP contribution >= 0.6 is 0 Å². The lowest BCUT2D eigenvalue weighted by atomic mass is 10.1. The van der Waals surface area contributed by atoms with Crippen molar-refractivity contribution in [3.8, 4) is 5.75 Å². The van der Waals surface area contributed by atoms with Crippen LogP contribution < -0.4 is 10.5 Å². The van der Waals surface area contributed by atoms with Gasteiger partial charge in [-0.25, -0.2) is 4.39 Å². The van der Waals surface area contributed by atoms with E-state index in [1.54, 1.807) is 6.07 Å². The summed E-state index contributed by atoms with van der Waals surface area (Å²) in [5, 5.41) is 0. The van der Waals surface area contributed by atoms with Crippen molar-refractivity contribution in [2.24, 2.45) is 5.73 Å². The number of hydrogen-bond donors (Lipinski definition) is 1. The highest BCUT2D eigenvalue weighted by atomic mass is 19.1. The molecule has 94 valence electrons. The van der Waals surface area contributed by atoms with Gasteiger partial charge in [0, 0.05) is 19.6 Å². The van der Waals surface area contributed by atoms with Gasteiger partial charge in [-0.1, -0.05) is 6.07 Å². The molecule has 1 aliphatic heterocycles. The van der Waals surface area contributed by atoms with E-state index in [1.807, 2.05) is 6.07 Å². The number of likely N-dealkylation sites (tertiary alicyclic amines) is 1. The third kappa shape index (κ3) is 3.17. The third-order valence-electron chi connectivity index (χ3n) is 3.19. The zero-order chi connectivity index (χ0) is 12.3. The molecular weight excluding hydrogens is 219 g/mol. The maximum atomic E-state index is 13.7. The van der Waals surface area contributed by atoms with Crippen LogP contribution in [0.25, 0.3) is 0 Å². The Balaban J connectivity index is 1.99. The topological polar surface area (TPSA) is 38.5 Å². The average molecular weight is 238 g/mol. The molecule has 0 aromatic heterocycles. The highest BCUT2D eigenvalue weighted by molar-refractivity contribution is 5.29. The van der Waals surface area contributed by atoms with E-state index in [0.717, 1.165) is 31.5 Å². The van der Waals surface area contributed by atoms with Gasteiger partial charge in [0.05, 0.1) is 0 Å². The van der Waals surface area contributed by atoms with Crippen LogP contribution in [-0.2, 0) is 6.54 Å². The van der Waals surface area contributed by atoms with E-state index < -0.39 is 0 Å². The highest BCUT2D eigenvalue weighted by Crippen LogP contribution is 2.22. The number of benzene rings is 1. The number of halogens is 1. The first-order valence-corrected chi connectivity index (χ1v) is 6.02. The molecule has 0 bridgehead atoms. The van der Waals surface area contributed by atoms with Crippen LogP contribution in [0.1, 0.15) is 18.4 Å². The molecule has 17 heavy (non-hydrogen) atoms. The minimum Gasteiger partial charge on any atom is -0.487 e. The minimum atomic E-state index is -0.313. The van der Waals surface area contributed by atoms with Crippen LogP contribution in [0.2, 0.25) is 0 Å². The lowest BCUT2D eigenvalue weighted by Gasteiger charge is -2.29. The number of rotatable bonds is 3. The van der Waals surface area contributed by atoms with Crippen LogP contribution in [0.15, 0.2) is 18.2 Å². The molecule has 2 rings (SSSR count). The summed E-state index contributed by atoms with van der Waals surface area (Å²) in [5.41, 5.74) is 6.25. The highest BCUT2D eigenvalue weighted by Gasteiger charge is 2.19. The molecule has 1 heterocycles. The summed E-state index contributed by atoms with van der Waals surface area (Å²) < 4.78 is 19.4. The molecule has 1 aromatic rings. The van der Waals surface area contributed by atoms with Gasteiger partial charge in [-0.15, -0.1) is 0 Å². The van der Waals surface area contributed by atoms with Crippen molar-refractivity contribution in [2.75, 3.05) is 20.1 Å². The molecule has 0 saturated carbocycles. The molecule has 0 radical (unpaired) electrons. The van der Waals surface area contributed by atoms with E-state index in [1.165, 1.54) is 6.07 Å². The van der Waals surface area contributed by atoms with Gasteiger partial charge in [0.25, 0.3) is 0 Å². The van der Waals surface area contributed by atoms with Gasteiger partial charge >= 0.3 is 0 Å². The van der Waals surface area contributed by atoms with Crippen molar-refractivity contribution < 1.29 is 9.13 Å². The van der Waals surface area contributed by atoms with E-state index in [4.69, 9.17) is 10.5 Å².